The Hall–Kier alpha value is -2.17. The standard InChI is InChI=1S/C14H10F3O2/c1-10-6-5-9-12(19-14(15,16)17)13(10)18-11-7-3-2-4-8-11/h2-5,7-9H,1H3. The first kappa shape index (κ1) is 13.3. The van der Waals surface area contributed by atoms with Gasteiger partial charge in [-0.05, 0) is 31.2 Å². The predicted octanol–water partition coefficient (Wildman–Crippen LogP) is 4.49. The van der Waals surface area contributed by atoms with E-state index in [0.29, 0.717) is 11.3 Å². The Morgan fingerprint density at radius 1 is 1.05 bits per heavy atom. The van der Waals surface area contributed by atoms with E-state index in [2.05, 4.69) is 10.8 Å². The van der Waals surface area contributed by atoms with Crippen LogP contribution in [0.15, 0.2) is 42.5 Å². The molecule has 0 spiro atoms. The van der Waals surface area contributed by atoms with Gasteiger partial charge in [-0.2, -0.15) is 0 Å². The van der Waals surface area contributed by atoms with Crippen molar-refractivity contribution in [3.8, 4) is 17.2 Å². The zero-order valence-electron chi connectivity index (χ0n) is 9.99. The summed E-state index contributed by atoms with van der Waals surface area (Å²) in [5.74, 6) is 0.0517. The Balaban J connectivity index is 2.33. The molecule has 0 N–H and O–H groups in total. The number of alkyl halides is 3. The van der Waals surface area contributed by atoms with Gasteiger partial charge in [0.2, 0.25) is 0 Å². The highest BCUT2D eigenvalue weighted by atomic mass is 19.4. The first-order valence-electron chi connectivity index (χ1n) is 5.45. The van der Waals surface area contributed by atoms with Crippen molar-refractivity contribution in [3.05, 3.63) is 54.1 Å². The van der Waals surface area contributed by atoms with Crippen molar-refractivity contribution in [2.24, 2.45) is 0 Å². The van der Waals surface area contributed by atoms with Gasteiger partial charge >= 0.3 is 6.36 Å². The van der Waals surface area contributed by atoms with Gasteiger partial charge in [0, 0.05) is 5.56 Å². The molecule has 0 bridgehead atoms. The summed E-state index contributed by atoms with van der Waals surface area (Å²) in [6, 6.07) is 13.8. The van der Waals surface area contributed by atoms with E-state index in [-0.39, 0.29) is 11.5 Å². The van der Waals surface area contributed by atoms with E-state index in [1.54, 1.807) is 37.3 Å². The first-order chi connectivity index (χ1) is 8.96. The number of hydrogen-bond donors (Lipinski definition) is 0. The van der Waals surface area contributed by atoms with Gasteiger partial charge < -0.3 is 9.47 Å². The van der Waals surface area contributed by atoms with E-state index in [4.69, 9.17) is 4.74 Å². The van der Waals surface area contributed by atoms with Crippen molar-refractivity contribution < 1.29 is 22.6 Å². The maximum absolute atomic E-state index is 12.3. The molecule has 2 aromatic carbocycles. The third-order valence-corrected chi connectivity index (χ3v) is 2.29. The van der Waals surface area contributed by atoms with Gasteiger partial charge in [-0.1, -0.05) is 24.3 Å². The fourth-order valence-corrected chi connectivity index (χ4v) is 1.51. The normalized spacial score (nSPS) is 11.2. The molecule has 0 fully saturated rings. The van der Waals surface area contributed by atoms with Gasteiger partial charge in [-0.25, -0.2) is 0 Å². The van der Waals surface area contributed by atoms with Crippen LogP contribution < -0.4 is 9.47 Å². The van der Waals surface area contributed by atoms with Crippen LogP contribution in [-0.2, 0) is 0 Å². The number of ether oxygens (including phenoxy) is 2. The summed E-state index contributed by atoms with van der Waals surface area (Å²) in [6.45, 7) is 1.60. The highest BCUT2D eigenvalue weighted by Crippen LogP contribution is 2.37. The third-order valence-electron chi connectivity index (χ3n) is 2.29. The number of rotatable bonds is 3. The Kier molecular flexibility index (Phi) is 3.64. The number of para-hydroxylation sites is 1. The fourth-order valence-electron chi connectivity index (χ4n) is 1.51. The Morgan fingerprint density at radius 2 is 1.74 bits per heavy atom. The summed E-state index contributed by atoms with van der Waals surface area (Å²) in [5.41, 5.74) is 0.436. The molecule has 1 radical (unpaired) electrons. The molecule has 2 aromatic rings. The van der Waals surface area contributed by atoms with Crippen LogP contribution in [0.5, 0.6) is 17.2 Å². The van der Waals surface area contributed by atoms with Crippen molar-refractivity contribution in [1.82, 2.24) is 0 Å². The van der Waals surface area contributed by atoms with Gasteiger partial charge in [0.1, 0.15) is 5.75 Å². The summed E-state index contributed by atoms with van der Waals surface area (Å²) in [7, 11) is 0. The average molecular weight is 267 g/mol. The largest absolute Gasteiger partial charge is 0.573 e. The molecule has 0 saturated heterocycles. The summed E-state index contributed by atoms with van der Waals surface area (Å²) in [5, 5.41) is 0. The molecule has 2 rings (SSSR count). The Bertz CT molecular complexity index is 550. The quantitative estimate of drug-likeness (QED) is 0.816. The van der Waals surface area contributed by atoms with Crippen LogP contribution >= 0.6 is 0 Å². The lowest BCUT2D eigenvalue weighted by molar-refractivity contribution is -0.275. The molecule has 0 unspecified atom stereocenters. The molecule has 0 aromatic heterocycles. The molecular formula is C14H10F3O2. The lowest BCUT2D eigenvalue weighted by Crippen LogP contribution is -2.17. The lowest BCUT2D eigenvalue weighted by Gasteiger charge is -2.15. The molecule has 5 heteroatoms. The van der Waals surface area contributed by atoms with Crippen molar-refractivity contribution in [3.63, 3.8) is 0 Å². The molecule has 99 valence electrons. The van der Waals surface area contributed by atoms with Crippen LogP contribution in [-0.4, -0.2) is 6.36 Å². The van der Waals surface area contributed by atoms with Crippen LogP contribution in [0.1, 0.15) is 5.56 Å². The summed E-state index contributed by atoms with van der Waals surface area (Å²) in [6.07, 6.45) is -4.76. The molecule has 19 heavy (non-hydrogen) atoms. The Morgan fingerprint density at radius 3 is 2.37 bits per heavy atom. The van der Waals surface area contributed by atoms with Crippen molar-refractivity contribution >= 4 is 0 Å². The van der Waals surface area contributed by atoms with Gasteiger partial charge in [0.25, 0.3) is 0 Å². The average Bonchev–Trinajstić information content (AvgIpc) is 2.33. The molecular weight excluding hydrogens is 257 g/mol. The number of hydrogen-bond acceptors (Lipinski definition) is 2. The molecule has 0 heterocycles. The summed E-state index contributed by atoms with van der Waals surface area (Å²) in [4.78, 5) is 0. The highest BCUT2D eigenvalue weighted by molar-refractivity contribution is 5.47. The highest BCUT2D eigenvalue weighted by Gasteiger charge is 2.32. The molecule has 0 atom stereocenters. The van der Waals surface area contributed by atoms with E-state index in [1.165, 1.54) is 12.1 Å². The zero-order valence-corrected chi connectivity index (χ0v) is 9.99. The summed E-state index contributed by atoms with van der Waals surface area (Å²) < 4.78 is 46.3. The second kappa shape index (κ2) is 5.22. The number of benzene rings is 2. The second-order valence-corrected chi connectivity index (χ2v) is 3.76. The SMILES string of the molecule is Cc1[c]ccc(OC(F)(F)F)c1Oc1ccccc1. The monoisotopic (exact) mass is 267 g/mol. The summed E-state index contributed by atoms with van der Waals surface area (Å²) >= 11 is 0. The predicted molar refractivity (Wildman–Crippen MR) is 63.2 cm³/mol. The molecule has 0 saturated carbocycles. The molecule has 0 aliphatic rings. The fraction of sp³-hybridized carbons (Fsp3) is 0.143. The van der Waals surface area contributed by atoms with Gasteiger partial charge in [0.05, 0.1) is 0 Å². The van der Waals surface area contributed by atoms with E-state index in [0.717, 1.165) is 0 Å². The van der Waals surface area contributed by atoms with Gasteiger partial charge in [-0.15, -0.1) is 13.2 Å². The van der Waals surface area contributed by atoms with E-state index >= 15 is 0 Å². The Labute approximate surface area is 108 Å². The first-order valence-corrected chi connectivity index (χ1v) is 5.45. The maximum Gasteiger partial charge on any atom is 0.573 e. The molecule has 0 amide bonds. The molecule has 0 aliphatic heterocycles. The zero-order chi connectivity index (χ0) is 13.9. The van der Waals surface area contributed by atoms with E-state index in [1.807, 2.05) is 0 Å². The molecule has 0 aliphatic carbocycles. The van der Waals surface area contributed by atoms with Crippen LogP contribution in [0.3, 0.4) is 0 Å². The van der Waals surface area contributed by atoms with Gasteiger partial charge in [-0.3, -0.25) is 0 Å². The van der Waals surface area contributed by atoms with Crippen LogP contribution in [0, 0.1) is 13.0 Å². The van der Waals surface area contributed by atoms with E-state index < -0.39 is 6.36 Å². The maximum atomic E-state index is 12.3. The number of halogens is 3. The van der Waals surface area contributed by atoms with Crippen molar-refractivity contribution in [2.75, 3.05) is 0 Å². The van der Waals surface area contributed by atoms with Gasteiger partial charge in [0.15, 0.2) is 11.5 Å². The lowest BCUT2D eigenvalue weighted by atomic mass is 10.2. The minimum Gasteiger partial charge on any atom is -0.453 e. The van der Waals surface area contributed by atoms with Crippen LogP contribution in [0.4, 0.5) is 13.2 Å². The minimum absolute atomic E-state index is 0.00558. The third kappa shape index (κ3) is 3.64. The number of aryl methyl sites for hydroxylation is 1. The smallest absolute Gasteiger partial charge is 0.453 e. The van der Waals surface area contributed by atoms with E-state index in [9.17, 15) is 13.2 Å². The van der Waals surface area contributed by atoms with Crippen molar-refractivity contribution in [2.45, 2.75) is 13.3 Å². The molecule has 2 nitrogen and oxygen atoms in total. The van der Waals surface area contributed by atoms with Crippen molar-refractivity contribution in [1.29, 1.82) is 0 Å². The second-order valence-electron chi connectivity index (χ2n) is 3.76. The minimum atomic E-state index is -4.76. The van der Waals surface area contributed by atoms with Crippen LogP contribution in [0.2, 0.25) is 0 Å². The topological polar surface area (TPSA) is 18.5 Å². The van der Waals surface area contributed by atoms with Crippen LogP contribution in [0.25, 0.3) is 0 Å².